The van der Waals surface area contributed by atoms with Crippen LogP contribution in [0.5, 0.6) is 0 Å². The second-order valence-electron chi connectivity index (χ2n) is 9.19. The highest BCUT2D eigenvalue weighted by molar-refractivity contribution is 7.13. The van der Waals surface area contributed by atoms with Gasteiger partial charge in [-0.25, -0.2) is 0 Å². The SMILES string of the molecule is O=C(C1CN(C(c2ccccc2)c2ccccc2)C1)N1CCN(c2nsc3ccccc23)CC1. The molecule has 6 heteroatoms. The lowest BCUT2D eigenvalue weighted by Crippen LogP contribution is -2.58. The van der Waals surface area contributed by atoms with Crippen molar-refractivity contribution in [3.05, 3.63) is 96.1 Å². The number of nitrogens with zero attached hydrogens (tertiary/aromatic N) is 4. The quantitative estimate of drug-likeness (QED) is 0.427. The lowest BCUT2D eigenvalue weighted by atomic mass is 9.89. The van der Waals surface area contributed by atoms with E-state index in [1.165, 1.54) is 21.2 Å². The first kappa shape index (κ1) is 21.3. The van der Waals surface area contributed by atoms with Crippen LogP contribution in [0.2, 0.25) is 0 Å². The van der Waals surface area contributed by atoms with E-state index in [9.17, 15) is 4.79 Å². The average molecular weight is 469 g/mol. The maximum absolute atomic E-state index is 13.3. The number of anilines is 1. The fourth-order valence-corrected chi connectivity index (χ4v) is 6.06. The number of amides is 1. The molecule has 3 aromatic carbocycles. The van der Waals surface area contributed by atoms with Crippen molar-refractivity contribution in [2.75, 3.05) is 44.2 Å². The maximum Gasteiger partial charge on any atom is 0.228 e. The summed E-state index contributed by atoms with van der Waals surface area (Å²) in [6.45, 7) is 4.83. The average Bonchev–Trinajstić information content (AvgIpc) is 3.31. The van der Waals surface area contributed by atoms with Gasteiger partial charge in [0.2, 0.25) is 5.91 Å². The smallest absolute Gasteiger partial charge is 0.228 e. The Kier molecular flexibility index (Phi) is 5.77. The van der Waals surface area contributed by atoms with Gasteiger partial charge < -0.3 is 9.80 Å². The number of hydrogen-bond acceptors (Lipinski definition) is 5. The first-order valence-electron chi connectivity index (χ1n) is 12.0. The monoisotopic (exact) mass is 468 g/mol. The number of piperazine rings is 1. The second-order valence-corrected chi connectivity index (χ2v) is 9.99. The predicted molar refractivity (Wildman–Crippen MR) is 138 cm³/mol. The molecule has 0 unspecified atom stereocenters. The molecule has 34 heavy (non-hydrogen) atoms. The molecule has 1 amide bonds. The molecule has 4 aromatic rings. The van der Waals surface area contributed by atoms with Crippen molar-refractivity contribution < 1.29 is 4.79 Å². The van der Waals surface area contributed by atoms with E-state index in [2.05, 4.69) is 99.6 Å². The molecule has 1 aromatic heterocycles. The zero-order chi connectivity index (χ0) is 22.9. The summed E-state index contributed by atoms with van der Waals surface area (Å²) in [5.41, 5.74) is 2.56. The van der Waals surface area contributed by atoms with Gasteiger partial charge in [-0.2, -0.15) is 4.37 Å². The molecule has 0 bridgehead atoms. The Labute approximate surface area is 204 Å². The fraction of sp³-hybridized carbons (Fsp3) is 0.286. The van der Waals surface area contributed by atoms with Crippen molar-refractivity contribution in [1.29, 1.82) is 0 Å². The van der Waals surface area contributed by atoms with Crippen LogP contribution in [0.15, 0.2) is 84.9 Å². The topological polar surface area (TPSA) is 39.7 Å². The van der Waals surface area contributed by atoms with Gasteiger partial charge in [0.1, 0.15) is 5.82 Å². The van der Waals surface area contributed by atoms with Gasteiger partial charge in [-0.05, 0) is 34.8 Å². The Morgan fingerprint density at radius 3 is 2.03 bits per heavy atom. The molecule has 3 heterocycles. The molecule has 0 aliphatic carbocycles. The highest BCUT2D eigenvalue weighted by atomic mass is 32.1. The standard InChI is InChI=1S/C28H28N4OS/c33-28(31-17-15-30(16-18-31)27-24-13-7-8-14-25(24)34-29-27)23-19-32(20-23)26(21-9-3-1-4-10-21)22-11-5-2-6-12-22/h1-14,23,26H,15-20H2. The summed E-state index contributed by atoms with van der Waals surface area (Å²) in [5, 5.41) is 1.22. The molecule has 0 saturated carbocycles. The summed E-state index contributed by atoms with van der Waals surface area (Å²) >= 11 is 1.55. The normalized spacial score (nSPS) is 17.3. The van der Waals surface area contributed by atoms with Gasteiger partial charge in [-0.1, -0.05) is 72.8 Å². The Hall–Kier alpha value is -3.22. The van der Waals surface area contributed by atoms with Crippen molar-refractivity contribution in [2.45, 2.75) is 6.04 Å². The van der Waals surface area contributed by atoms with Gasteiger partial charge in [0.15, 0.2) is 0 Å². The van der Waals surface area contributed by atoms with E-state index in [1.54, 1.807) is 11.5 Å². The van der Waals surface area contributed by atoms with Crippen LogP contribution in [-0.4, -0.2) is 59.3 Å². The Morgan fingerprint density at radius 1 is 0.794 bits per heavy atom. The molecule has 5 nitrogen and oxygen atoms in total. The second kappa shape index (κ2) is 9.20. The van der Waals surface area contributed by atoms with Crippen molar-refractivity contribution in [3.63, 3.8) is 0 Å². The zero-order valence-corrected chi connectivity index (χ0v) is 19.9. The highest BCUT2D eigenvalue weighted by Crippen LogP contribution is 2.35. The minimum Gasteiger partial charge on any atom is -0.352 e. The lowest BCUT2D eigenvalue weighted by molar-refractivity contribution is -0.142. The number of fused-ring (bicyclic) bond motifs is 1. The summed E-state index contributed by atoms with van der Waals surface area (Å²) in [4.78, 5) is 20.1. The lowest BCUT2D eigenvalue weighted by Gasteiger charge is -2.46. The number of likely N-dealkylation sites (tertiary alicyclic amines) is 1. The molecule has 0 radical (unpaired) electrons. The van der Waals surface area contributed by atoms with Crippen LogP contribution < -0.4 is 4.90 Å². The van der Waals surface area contributed by atoms with Crippen molar-refractivity contribution in [3.8, 4) is 0 Å². The minimum atomic E-state index is 0.0848. The van der Waals surface area contributed by atoms with E-state index >= 15 is 0 Å². The van der Waals surface area contributed by atoms with Crippen molar-refractivity contribution in [1.82, 2.24) is 14.2 Å². The van der Waals surface area contributed by atoms with Crippen LogP contribution in [0.1, 0.15) is 17.2 Å². The predicted octanol–water partition coefficient (Wildman–Crippen LogP) is 4.67. The molecule has 0 atom stereocenters. The van der Waals surface area contributed by atoms with Crippen LogP contribution in [0.4, 0.5) is 5.82 Å². The molecular formula is C28H28N4OS. The number of benzene rings is 3. The molecule has 0 N–H and O–H groups in total. The van der Waals surface area contributed by atoms with E-state index in [0.717, 1.165) is 45.1 Å². The first-order chi connectivity index (χ1) is 16.8. The molecule has 6 rings (SSSR count). The third kappa shape index (κ3) is 3.97. The van der Waals surface area contributed by atoms with Crippen LogP contribution >= 0.6 is 11.5 Å². The van der Waals surface area contributed by atoms with Gasteiger partial charge in [-0.3, -0.25) is 9.69 Å². The van der Waals surface area contributed by atoms with Crippen LogP contribution in [0.25, 0.3) is 10.1 Å². The van der Waals surface area contributed by atoms with Crippen molar-refractivity contribution in [2.24, 2.45) is 5.92 Å². The highest BCUT2D eigenvalue weighted by Gasteiger charge is 2.40. The summed E-state index contributed by atoms with van der Waals surface area (Å²) < 4.78 is 5.92. The van der Waals surface area contributed by atoms with E-state index in [0.29, 0.717) is 5.91 Å². The molecule has 2 aliphatic heterocycles. The van der Waals surface area contributed by atoms with Gasteiger partial charge in [0, 0.05) is 44.7 Å². The van der Waals surface area contributed by atoms with E-state index in [4.69, 9.17) is 4.37 Å². The summed E-state index contributed by atoms with van der Waals surface area (Å²) in [6, 6.07) is 29.8. The molecule has 0 spiro atoms. The number of hydrogen-bond donors (Lipinski definition) is 0. The Balaban J connectivity index is 1.09. The number of rotatable bonds is 5. The van der Waals surface area contributed by atoms with E-state index in [-0.39, 0.29) is 12.0 Å². The summed E-state index contributed by atoms with van der Waals surface area (Å²) in [7, 11) is 0. The van der Waals surface area contributed by atoms with Gasteiger partial charge in [0.05, 0.1) is 16.7 Å². The molecular weight excluding hydrogens is 440 g/mol. The fourth-order valence-electron chi connectivity index (χ4n) is 5.26. The molecule has 2 saturated heterocycles. The third-order valence-corrected chi connectivity index (χ3v) is 7.92. The first-order valence-corrected chi connectivity index (χ1v) is 12.8. The van der Waals surface area contributed by atoms with Gasteiger partial charge in [0.25, 0.3) is 0 Å². The van der Waals surface area contributed by atoms with Gasteiger partial charge in [-0.15, -0.1) is 0 Å². The Bertz CT molecular complexity index is 1220. The van der Waals surface area contributed by atoms with Crippen LogP contribution in [0, 0.1) is 5.92 Å². The Morgan fingerprint density at radius 2 is 1.38 bits per heavy atom. The maximum atomic E-state index is 13.3. The minimum absolute atomic E-state index is 0.0848. The molecule has 172 valence electrons. The van der Waals surface area contributed by atoms with E-state index in [1.807, 2.05) is 0 Å². The number of carbonyl (C=O) groups is 1. The van der Waals surface area contributed by atoms with Crippen LogP contribution in [-0.2, 0) is 4.79 Å². The number of carbonyl (C=O) groups excluding carboxylic acids is 1. The third-order valence-electron chi connectivity index (χ3n) is 7.10. The zero-order valence-electron chi connectivity index (χ0n) is 19.1. The molecule has 2 fully saturated rings. The van der Waals surface area contributed by atoms with Gasteiger partial charge >= 0.3 is 0 Å². The summed E-state index contributed by atoms with van der Waals surface area (Å²) in [6.07, 6.45) is 0. The van der Waals surface area contributed by atoms with Crippen molar-refractivity contribution >= 4 is 33.3 Å². The van der Waals surface area contributed by atoms with E-state index < -0.39 is 0 Å². The summed E-state index contributed by atoms with van der Waals surface area (Å²) in [5.74, 6) is 1.46. The van der Waals surface area contributed by atoms with Crippen LogP contribution in [0.3, 0.4) is 0 Å². The molecule has 2 aliphatic rings. The number of aromatic nitrogens is 1. The largest absolute Gasteiger partial charge is 0.352 e.